The van der Waals surface area contributed by atoms with E-state index in [4.69, 9.17) is 5.73 Å². The van der Waals surface area contributed by atoms with Crippen molar-refractivity contribution in [3.8, 4) is 0 Å². The standard InChI is InChI=1S/C17H36N2/c1-14(2)8-10-19(11-9-15(3)4)17(5,13-18)12-16-6-7-16/h14-16H,6-13,18H2,1-5H3. The molecule has 0 bridgehead atoms. The molecule has 1 atom stereocenters. The Morgan fingerprint density at radius 1 is 1.05 bits per heavy atom. The van der Waals surface area contributed by atoms with E-state index in [-0.39, 0.29) is 5.54 Å². The van der Waals surface area contributed by atoms with Gasteiger partial charge in [0.25, 0.3) is 0 Å². The van der Waals surface area contributed by atoms with Crippen LogP contribution in [0.15, 0.2) is 0 Å². The maximum Gasteiger partial charge on any atom is 0.0306 e. The lowest BCUT2D eigenvalue weighted by Gasteiger charge is -2.42. The summed E-state index contributed by atoms with van der Waals surface area (Å²) >= 11 is 0. The van der Waals surface area contributed by atoms with E-state index >= 15 is 0 Å². The lowest BCUT2D eigenvalue weighted by molar-refractivity contribution is 0.0846. The Morgan fingerprint density at radius 2 is 1.53 bits per heavy atom. The highest BCUT2D eigenvalue weighted by Crippen LogP contribution is 2.38. The molecule has 2 nitrogen and oxygen atoms in total. The maximum atomic E-state index is 6.16. The fourth-order valence-electron chi connectivity index (χ4n) is 2.77. The molecule has 0 radical (unpaired) electrons. The van der Waals surface area contributed by atoms with Gasteiger partial charge in [0, 0.05) is 12.1 Å². The van der Waals surface area contributed by atoms with Gasteiger partial charge in [-0.25, -0.2) is 0 Å². The Labute approximate surface area is 121 Å². The minimum absolute atomic E-state index is 0.227. The van der Waals surface area contributed by atoms with Gasteiger partial charge in [0.2, 0.25) is 0 Å². The van der Waals surface area contributed by atoms with Gasteiger partial charge in [-0.3, -0.25) is 4.90 Å². The third kappa shape index (κ3) is 6.27. The average molecular weight is 268 g/mol. The van der Waals surface area contributed by atoms with Gasteiger partial charge in [0.05, 0.1) is 0 Å². The van der Waals surface area contributed by atoms with Crippen LogP contribution in [0.4, 0.5) is 0 Å². The summed E-state index contributed by atoms with van der Waals surface area (Å²) in [5.74, 6) is 2.52. The van der Waals surface area contributed by atoms with E-state index in [1.807, 2.05) is 0 Å². The third-order valence-corrected chi connectivity index (χ3v) is 4.58. The van der Waals surface area contributed by atoms with Crippen LogP contribution < -0.4 is 5.73 Å². The molecule has 0 spiro atoms. The molecule has 1 rings (SSSR count). The Morgan fingerprint density at radius 3 is 1.84 bits per heavy atom. The van der Waals surface area contributed by atoms with Crippen molar-refractivity contribution in [2.75, 3.05) is 19.6 Å². The second kappa shape index (κ2) is 7.64. The summed E-state index contributed by atoms with van der Waals surface area (Å²) in [6.45, 7) is 14.9. The number of hydrogen-bond acceptors (Lipinski definition) is 2. The molecule has 0 aliphatic heterocycles. The maximum absolute atomic E-state index is 6.16. The number of hydrogen-bond donors (Lipinski definition) is 1. The molecule has 0 amide bonds. The van der Waals surface area contributed by atoms with Crippen molar-refractivity contribution in [3.05, 3.63) is 0 Å². The molecule has 19 heavy (non-hydrogen) atoms. The van der Waals surface area contributed by atoms with Crippen molar-refractivity contribution in [1.82, 2.24) is 4.90 Å². The molecule has 0 aromatic heterocycles. The van der Waals surface area contributed by atoms with E-state index in [0.29, 0.717) is 0 Å². The topological polar surface area (TPSA) is 29.3 Å². The largest absolute Gasteiger partial charge is 0.329 e. The van der Waals surface area contributed by atoms with E-state index in [9.17, 15) is 0 Å². The zero-order valence-corrected chi connectivity index (χ0v) is 13.9. The van der Waals surface area contributed by atoms with Gasteiger partial charge in [-0.15, -0.1) is 0 Å². The summed E-state index contributed by atoms with van der Waals surface area (Å²) in [7, 11) is 0. The van der Waals surface area contributed by atoms with E-state index in [2.05, 4.69) is 39.5 Å². The summed E-state index contributed by atoms with van der Waals surface area (Å²) in [6.07, 6.45) is 6.74. The van der Waals surface area contributed by atoms with E-state index in [1.165, 1.54) is 45.2 Å². The molecule has 114 valence electrons. The zero-order valence-electron chi connectivity index (χ0n) is 13.9. The van der Waals surface area contributed by atoms with Crippen LogP contribution in [0.5, 0.6) is 0 Å². The Kier molecular flexibility index (Phi) is 6.82. The highest BCUT2D eigenvalue weighted by atomic mass is 15.2. The molecule has 2 heteroatoms. The molecule has 1 unspecified atom stereocenters. The van der Waals surface area contributed by atoms with Crippen molar-refractivity contribution in [2.24, 2.45) is 23.5 Å². The van der Waals surface area contributed by atoms with Crippen molar-refractivity contribution >= 4 is 0 Å². The summed E-state index contributed by atoms with van der Waals surface area (Å²) in [6, 6.07) is 0. The number of nitrogens with two attached hydrogens (primary N) is 1. The number of nitrogens with zero attached hydrogens (tertiary/aromatic N) is 1. The minimum atomic E-state index is 0.227. The predicted molar refractivity (Wildman–Crippen MR) is 85.3 cm³/mol. The van der Waals surface area contributed by atoms with Gasteiger partial charge in [-0.2, -0.15) is 0 Å². The molecular weight excluding hydrogens is 232 g/mol. The van der Waals surface area contributed by atoms with Crippen LogP contribution in [0.3, 0.4) is 0 Å². The Bertz CT molecular complexity index is 234. The first kappa shape index (κ1) is 17.0. The average Bonchev–Trinajstić information content (AvgIpc) is 3.11. The monoisotopic (exact) mass is 268 g/mol. The Hall–Kier alpha value is -0.0800. The van der Waals surface area contributed by atoms with Gasteiger partial charge in [0.1, 0.15) is 0 Å². The van der Waals surface area contributed by atoms with Gasteiger partial charge in [0.15, 0.2) is 0 Å². The van der Waals surface area contributed by atoms with Gasteiger partial charge in [-0.1, -0.05) is 40.5 Å². The van der Waals surface area contributed by atoms with E-state index in [0.717, 1.165) is 24.3 Å². The normalized spacial score (nSPS) is 19.4. The molecule has 1 saturated carbocycles. The van der Waals surface area contributed by atoms with Crippen molar-refractivity contribution in [2.45, 2.75) is 72.3 Å². The van der Waals surface area contributed by atoms with Crippen LogP contribution in [0.1, 0.15) is 66.7 Å². The molecule has 1 aliphatic rings. The minimum Gasteiger partial charge on any atom is -0.329 e. The molecule has 2 N–H and O–H groups in total. The van der Waals surface area contributed by atoms with Crippen LogP contribution in [-0.2, 0) is 0 Å². The molecule has 0 aromatic carbocycles. The summed E-state index contributed by atoms with van der Waals surface area (Å²) in [5.41, 5.74) is 6.38. The third-order valence-electron chi connectivity index (χ3n) is 4.58. The quantitative estimate of drug-likeness (QED) is 0.651. The van der Waals surface area contributed by atoms with Crippen LogP contribution in [0.2, 0.25) is 0 Å². The first-order chi connectivity index (χ1) is 8.87. The Balaban J connectivity index is 2.60. The van der Waals surface area contributed by atoms with Gasteiger partial charge >= 0.3 is 0 Å². The zero-order chi connectivity index (χ0) is 14.5. The van der Waals surface area contributed by atoms with E-state index < -0.39 is 0 Å². The molecular formula is C17H36N2. The first-order valence-electron chi connectivity index (χ1n) is 8.32. The lowest BCUT2D eigenvalue weighted by Crippen LogP contribution is -2.53. The fraction of sp³-hybridized carbons (Fsp3) is 1.00. The second-order valence-corrected chi connectivity index (χ2v) is 7.70. The molecule has 0 heterocycles. The van der Waals surface area contributed by atoms with Crippen LogP contribution >= 0.6 is 0 Å². The van der Waals surface area contributed by atoms with Crippen LogP contribution in [-0.4, -0.2) is 30.1 Å². The molecule has 1 fully saturated rings. The molecule has 0 aromatic rings. The molecule has 0 saturated heterocycles. The summed E-state index contributed by atoms with van der Waals surface area (Å²) < 4.78 is 0. The fourth-order valence-corrected chi connectivity index (χ4v) is 2.77. The number of rotatable bonds is 10. The second-order valence-electron chi connectivity index (χ2n) is 7.70. The summed E-state index contributed by atoms with van der Waals surface area (Å²) in [5, 5.41) is 0. The van der Waals surface area contributed by atoms with Crippen molar-refractivity contribution in [1.29, 1.82) is 0 Å². The van der Waals surface area contributed by atoms with Crippen molar-refractivity contribution in [3.63, 3.8) is 0 Å². The SMILES string of the molecule is CC(C)CCN(CCC(C)C)C(C)(CN)CC1CC1. The van der Waals surface area contributed by atoms with E-state index in [1.54, 1.807) is 0 Å². The smallest absolute Gasteiger partial charge is 0.0306 e. The van der Waals surface area contributed by atoms with Gasteiger partial charge < -0.3 is 5.73 Å². The predicted octanol–water partition coefficient (Wildman–Crippen LogP) is 3.90. The van der Waals surface area contributed by atoms with Crippen LogP contribution in [0, 0.1) is 17.8 Å². The lowest BCUT2D eigenvalue weighted by atomic mass is 9.91. The highest BCUT2D eigenvalue weighted by molar-refractivity contribution is 4.93. The van der Waals surface area contributed by atoms with Crippen LogP contribution in [0.25, 0.3) is 0 Å². The highest BCUT2D eigenvalue weighted by Gasteiger charge is 2.36. The summed E-state index contributed by atoms with van der Waals surface area (Å²) in [4.78, 5) is 2.70. The van der Waals surface area contributed by atoms with Gasteiger partial charge in [-0.05, 0) is 57.0 Å². The first-order valence-corrected chi connectivity index (χ1v) is 8.32. The van der Waals surface area contributed by atoms with Crippen molar-refractivity contribution < 1.29 is 0 Å². The molecule has 1 aliphatic carbocycles.